The van der Waals surface area contributed by atoms with E-state index in [1.54, 1.807) is 0 Å². The molecule has 0 N–H and O–H groups in total. The van der Waals surface area contributed by atoms with Crippen molar-refractivity contribution in [1.29, 1.82) is 5.26 Å². The minimum atomic E-state index is -0.165. The van der Waals surface area contributed by atoms with Crippen LogP contribution >= 0.6 is 0 Å². The molecule has 1 aliphatic carbocycles. The van der Waals surface area contributed by atoms with Gasteiger partial charge in [-0.2, -0.15) is 5.26 Å². The molecule has 0 fully saturated rings. The second-order valence-corrected chi connectivity index (χ2v) is 7.39. The van der Waals surface area contributed by atoms with Crippen molar-refractivity contribution in [1.82, 2.24) is 0 Å². The summed E-state index contributed by atoms with van der Waals surface area (Å²) in [6.07, 6.45) is 1.88. The number of hydrogen-bond acceptors (Lipinski definition) is 1. The van der Waals surface area contributed by atoms with Crippen LogP contribution in [0.15, 0.2) is 50.6 Å². The Morgan fingerprint density at radius 3 is 2.35 bits per heavy atom. The molecule has 0 amide bonds. The lowest BCUT2D eigenvalue weighted by Gasteiger charge is -2.12. The molecule has 1 aliphatic rings. The maximum Gasteiger partial charge on any atom is 0.354 e. The highest BCUT2D eigenvalue weighted by Crippen LogP contribution is 2.25. The van der Waals surface area contributed by atoms with Gasteiger partial charge < -0.3 is 0 Å². The van der Waals surface area contributed by atoms with Crippen molar-refractivity contribution < 1.29 is 21.2 Å². The topological polar surface area (TPSA) is 23.8 Å². The predicted molar refractivity (Wildman–Crippen MR) is 65.4 cm³/mol. The fourth-order valence-corrected chi connectivity index (χ4v) is 4.73. The lowest BCUT2D eigenvalue weighted by molar-refractivity contribution is -0.579. The van der Waals surface area contributed by atoms with E-state index in [-0.39, 0.29) is 21.2 Å². The van der Waals surface area contributed by atoms with E-state index in [1.165, 1.54) is 18.3 Å². The van der Waals surface area contributed by atoms with Gasteiger partial charge in [0.1, 0.15) is 0 Å². The summed E-state index contributed by atoms with van der Waals surface area (Å²) < 4.78 is 2.81. The molecule has 1 aromatic rings. The van der Waals surface area contributed by atoms with Crippen LogP contribution in [0.4, 0.5) is 0 Å². The zero-order valence-electron chi connectivity index (χ0n) is 10.1. The first-order valence-corrected chi connectivity index (χ1v) is 7.83. The predicted octanol–water partition coefficient (Wildman–Crippen LogP) is 0.853. The molecule has 2 heteroatoms. The van der Waals surface area contributed by atoms with Crippen LogP contribution in [0.25, 0.3) is 0 Å². The molecule has 0 spiro atoms. The number of benzene rings is 1. The molecule has 0 saturated carbocycles. The Kier molecular flexibility index (Phi) is 4.01. The Morgan fingerprint density at radius 2 is 1.71 bits per heavy atom. The number of rotatable bonds is 2. The fourth-order valence-electron chi connectivity index (χ4n) is 1.80. The molecule has 0 unspecified atom stereocenters. The second-order valence-electron chi connectivity index (χ2n) is 4.30. The van der Waals surface area contributed by atoms with Crippen molar-refractivity contribution >= 4 is 0 Å². The number of hydrogen-bond donors (Lipinski definition) is 0. The van der Waals surface area contributed by atoms with Crippen LogP contribution in [0.5, 0.6) is 0 Å². The molecular weight excluding hydrogens is 321 g/mol. The van der Waals surface area contributed by atoms with Gasteiger partial charge in [0.05, 0.1) is 11.6 Å². The lowest BCUT2D eigenvalue weighted by atomic mass is 9.94. The van der Waals surface area contributed by atoms with Gasteiger partial charge in [0.15, 0.2) is 7.15 Å². The number of nitrogens with zero attached hydrogens (tertiary/aromatic N) is 1. The Hall–Kier alpha value is -1.08. The standard InChI is InChI=1S/C15H15IN/c1-11-8-13(10-17)15(9-12(11)2)16-14-6-4-3-5-7-14/h3-7H,8-9H2,1-2H3/q+1. The SMILES string of the molecule is CC1=C(C)CC([I+]c2ccccc2)=C(C#N)C1. The van der Waals surface area contributed by atoms with Crippen molar-refractivity contribution in [2.45, 2.75) is 26.7 Å². The Balaban J connectivity index is 2.23. The minimum Gasteiger partial charge on any atom is -0.193 e. The van der Waals surface area contributed by atoms with E-state index in [0.717, 1.165) is 18.4 Å². The molecule has 17 heavy (non-hydrogen) atoms. The van der Waals surface area contributed by atoms with Gasteiger partial charge in [-0.1, -0.05) is 29.3 Å². The molecule has 0 heterocycles. The largest absolute Gasteiger partial charge is 0.354 e. The van der Waals surface area contributed by atoms with E-state index in [4.69, 9.17) is 0 Å². The molecule has 86 valence electrons. The summed E-state index contributed by atoms with van der Waals surface area (Å²) in [7, 11) is 0. The van der Waals surface area contributed by atoms with Gasteiger partial charge in [0.2, 0.25) is 0 Å². The zero-order chi connectivity index (χ0) is 12.3. The Labute approximate surface area is 113 Å². The van der Waals surface area contributed by atoms with Gasteiger partial charge in [-0.05, 0) is 26.0 Å². The van der Waals surface area contributed by atoms with Crippen LogP contribution in [0.3, 0.4) is 0 Å². The first-order chi connectivity index (χ1) is 8.20. The molecular formula is C15H15IN+. The lowest BCUT2D eigenvalue weighted by Crippen LogP contribution is -3.61. The zero-order valence-corrected chi connectivity index (χ0v) is 12.3. The summed E-state index contributed by atoms with van der Waals surface area (Å²) in [5.74, 6) is 0. The summed E-state index contributed by atoms with van der Waals surface area (Å²) in [4.78, 5) is 0. The fraction of sp³-hybridized carbons (Fsp3) is 0.267. The third kappa shape index (κ3) is 2.98. The van der Waals surface area contributed by atoms with Gasteiger partial charge in [-0.25, -0.2) is 0 Å². The second kappa shape index (κ2) is 5.50. The number of halogens is 1. The summed E-state index contributed by atoms with van der Waals surface area (Å²) >= 11 is -0.165. The normalized spacial score (nSPS) is 16.1. The molecule has 1 aromatic carbocycles. The summed E-state index contributed by atoms with van der Waals surface area (Å²) in [5, 5.41) is 9.23. The average Bonchev–Trinajstić information content (AvgIpc) is 2.35. The van der Waals surface area contributed by atoms with Crippen molar-refractivity contribution in [3.8, 4) is 6.07 Å². The van der Waals surface area contributed by atoms with E-state index < -0.39 is 0 Å². The van der Waals surface area contributed by atoms with E-state index >= 15 is 0 Å². The maximum atomic E-state index is 9.23. The van der Waals surface area contributed by atoms with Gasteiger partial charge in [-0.3, -0.25) is 0 Å². The van der Waals surface area contributed by atoms with Gasteiger partial charge in [-0.15, -0.1) is 0 Å². The minimum absolute atomic E-state index is 0.165. The van der Waals surface area contributed by atoms with Crippen molar-refractivity contribution in [3.05, 3.63) is 54.2 Å². The van der Waals surface area contributed by atoms with E-state index in [0.29, 0.717) is 0 Å². The quantitative estimate of drug-likeness (QED) is 0.580. The van der Waals surface area contributed by atoms with Crippen LogP contribution < -0.4 is 21.2 Å². The highest BCUT2D eigenvalue weighted by molar-refractivity contribution is 5.37. The molecule has 0 aromatic heterocycles. The van der Waals surface area contributed by atoms with Crippen molar-refractivity contribution in [2.24, 2.45) is 0 Å². The Morgan fingerprint density at radius 1 is 1.06 bits per heavy atom. The molecule has 2 rings (SSSR count). The molecule has 0 aliphatic heterocycles. The monoisotopic (exact) mass is 336 g/mol. The molecule has 0 bridgehead atoms. The summed E-state index contributed by atoms with van der Waals surface area (Å²) in [5.41, 5.74) is 3.85. The van der Waals surface area contributed by atoms with Crippen LogP contribution in [0.1, 0.15) is 26.7 Å². The van der Waals surface area contributed by atoms with Crippen molar-refractivity contribution in [3.63, 3.8) is 0 Å². The average molecular weight is 336 g/mol. The molecule has 1 nitrogen and oxygen atoms in total. The third-order valence-electron chi connectivity index (χ3n) is 3.01. The molecule has 0 atom stereocenters. The smallest absolute Gasteiger partial charge is 0.193 e. The van der Waals surface area contributed by atoms with Crippen LogP contribution in [-0.4, -0.2) is 0 Å². The third-order valence-corrected chi connectivity index (χ3v) is 6.04. The first-order valence-electron chi connectivity index (χ1n) is 5.68. The van der Waals surface area contributed by atoms with E-state index in [1.807, 2.05) is 6.07 Å². The van der Waals surface area contributed by atoms with Crippen LogP contribution in [0.2, 0.25) is 0 Å². The number of allylic oxidation sites excluding steroid dienone is 4. The van der Waals surface area contributed by atoms with Crippen LogP contribution in [-0.2, 0) is 0 Å². The number of nitriles is 1. The Bertz CT molecular complexity index is 518. The summed E-state index contributed by atoms with van der Waals surface area (Å²) in [6.45, 7) is 4.34. The van der Waals surface area contributed by atoms with Gasteiger partial charge in [0.25, 0.3) is 0 Å². The van der Waals surface area contributed by atoms with Gasteiger partial charge in [0, 0.05) is 12.8 Å². The van der Waals surface area contributed by atoms with Crippen LogP contribution in [0, 0.1) is 14.9 Å². The summed E-state index contributed by atoms with van der Waals surface area (Å²) in [6, 6.07) is 13.0. The van der Waals surface area contributed by atoms with E-state index in [2.05, 4.69) is 44.2 Å². The highest BCUT2D eigenvalue weighted by atomic mass is 127. The maximum absolute atomic E-state index is 9.23. The molecule has 0 saturated heterocycles. The molecule has 0 radical (unpaired) electrons. The first kappa shape index (κ1) is 12.4. The van der Waals surface area contributed by atoms with E-state index in [9.17, 15) is 5.26 Å². The van der Waals surface area contributed by atoms with Crippen molar-refractivity contribution in [2.75, 3.05) is 0 Å². The highest BCUT2D eigenvalue weighted by Gasteiger charge is 2.27. The van der Waals surface area contributed by atoms with Gasteiger partial charge >= 0.3 is 21.2 Å².